The van der Waals surface area contributed by atoms with Crippen LogP contribution in [-0.4, -0.2) is 6.41 Å². The molecule has 0 atom stereocenters. The van der Waals surface area contributed by atoms with Crippen molar-refractivity contribution in [2.45, 2.75) is 39.0 Å². The highest BCUT2D eigenvalue weighted by Crippen LogP contribution is 2.00. The smallest absolute Gasteiger partial charge is 0.218 e. The standard InChI is InChI=1S/C9H15NO/c1-2-3-4-5-6-7-8-10-9-11/h9H,2-6H2,1H3,(H,10,11). The van der Waals surface area contributed by atoms with Gasteiger partial charge < -0.3 is 0 Å². The molecule has 0 aliphatic carbocycles. The van der Waals surface area contributed by atoms with Crippen LogP contribution in [0.1, 0.15) is 39.0 Å². The molecule has 0 saturated carbocycles. The van der Waals surface area contributed by atoms with Gasteiger partial charge in [0, 0.05) is 12.5 Å². The maximum absolute atomic E-state index is 9.73. The molecule has 0 aliphatic heterocycles. The first-order valence-corrected chi connectivity index (χ1v) is 4.09. The molecule has 0 rings (SSSR count). The molecule has 1 N–H and O–H groups in total. The van der Waals surface area contributed by atoms with E-state index < -0.39 is 0 Å². The zero-order valence-electron chi connectivity index (χ0n) is 7.02. The van der Waals surface area contributed by atoms with Gasteiger partial charge in [0.15, 0.2) is 0 Å². The lowest BCUT2D eigenvalue weighted by atomic mass is 10.2. The van der Waals surface area contributed by atoms with Gasteiger partial charge in [-0.25, -0.2) is 0 Å². The highest BCUT2D eigenvalue weighted by atomic mass is 16.1. The minimum atomic E-state index is 0.596. The number of rotatable bonds is 5. The zero-order chi connectivity index (χ0) is 8.36. The Kier molecular flexibility index (Phi) is 8.23. The predicted octanol–water partition coefficient (Wildman–Crippen LogP) is 1.66. The molecule has 0 saturated heterocycles. The molecule has 0 spiro atoms. The third-order valence-corrected chi connectivity index (χ3v) is 1.37. The van der Waals surface area contributed by atoms with E-state index in [9.17, 15) is 4.79 Å². The predicted molar refractivity (Wildman–Crippen MR) is 45.7 cm³/mol. The molecule has 62 valence electrons. The normalized spacial score (nSPS) is 8.09. The number of carbonyl (C=O) groups is 1. The van der Waals surface area contributed by atoms with Crippen LogP contribution in [-0.2, 0) is 4.79 Å². The molecule has 0 fully saturated rings. The number of carbonyl (C=O) groups excluding carboxylic acids is 1. The average Bonchev–Trinajstić information content (AvgIpc) is 2.03. The first-order valence-electron chi connectivity index (χ1n) is 4.09. The van der Waals surface area contributed by atoms with Gasteiger partial charge in [0.25, 0.3) is 0 Å². The van der Waals surface area contributed by atoms with Gasteiger partial charge in [-0.15, -0.1) is 0 Å². The second-order valence-corrected chi connectivity index (χ2v) is 2.37. The molecule has 2 nitrogen and oxygen atoms in total. The molecule has 0 aromatic heterocycles. The van der Waals surface area contributed by atoms with E-state index in [1.165, 1.54) is 19.3 Å². The van der Waals surface area contributed by atoms with Crippen LogP contribution >= 0.6 is 0 Å². The van der Waals surface area contributed by atoms with Crippen LogP contribution < -0.4 is 5.32 Å². The number of unbranched alkanes of at least 4 members (excludes halogenated alkanes) is 4. The largest absolute Gasteiger partial charge is 0.288 e. The molecule has 0 bridgehead atoms. The summed E-state index contributed by atoms with van der Waals surface area (Å²) in [6.45, 7) is 2.18. The van der Waals surface area contributed by atoms with Crippen LogP contribution in [0.15, 0.2) is 0 Å². The Bertz CT molecular complexity index is 143. The van der Waals surface area contributed by atoms with Crippen molar-refractivity contribution in [1.82, 2.24) is 5.32 Å². The van der Waals surface area contributed by atoms with Gasteiger partial charge in [0.2, 0.25) is 6.41 Å². The first kappa shape index (κ1) is 10.0. The molecule has 0 aliphatic rings. The quantitative estimate of drug-likeness (QED) is 0.277. The molecule has 0 aromatic carbocycles. The number of nitrogens with one attached hydrogen (secondary N) is 1. The van der Waals surface area contributed by atoms with Crippen molar-refractivity contribution in [3.8, 4) is 12.0 Å². The van der Waals surface area contributed by atoms with Crippen LogP contribution in [0.5, 0.6) is 0 Å². The van der Waals surface area contributed by atoms with Gasteiger partial charge >= 0.3 is 0 Å². The van der Waals surface area contributed by atoms with Crippen molar-refractivity contribution < 1.29 is 4.79 Å². The van der Waals surface area contributed by atoms with Gasteiger partial charge in [0.1, 0.15) is 0 Å². The molecular weight excluding hydrogens is 138 g/mol. The number of hydrogen-bond donors (Lipinski definition) is 1. The lowest BCUT2D eigenvalue weighted by Crippen LogP contribution is -1.98. The molecule has 0 heterocycles. The summed E-state index contributed by atoms with van der Waals surface area (Å²) in [7, 11) is 0. The highest BCUT2D eigenvalue weighted by molar-refractivity contribution is 5.49. The maximum atomic E-state index is 9.73. The summed E-state index contributed by atoms with van der Waals surface area (Å²) in [6.07, 6.45) is 6.40. The molecule has 2 heteroatoms. The summed E-state index contributed by atoms with van der Waals surface area (Å²) < 4.78 is 0. The minimum Gasteiger partial charge on any atom is -0.288 e. The van der Waals surface area contributed by atoms with Gasteiger partial charge in [-0.05, 0) is 6.42 Å². The van der Waals surface area contributed by atoms with Crippen molar-refractivity contribution in [2.75, 3.05) is 0 Å². The third-order valence-electron chi connectivity index (χ3n) is 1.37. The van der Waals surface area contributed by atoms with Crippen molar-refractivity contribution in [2.24, 2.45) is 0 Å². The Morgan fingerprint density at radius 1 is 1.36 bits per heavy atom. The van der Waals surface area contributed by atoms with E-state index in [1.807, 2.05) is 0 Å². The van der Waals surface area contributed by atoms with Crippen molar-refractivity contribution in [3.63, 3.8) is 0 Å². The van der Waals surface area contributed by atoms with Gasteiger partial charge in [-0.2, -0.15) is 0 Å². The monoisotopic (exact) mass is 153 g/mol. The second-order valence-electron chi connectivity index (χ2n) is 2.37. The van der Waals surface area contributed by atoms with Crippen LogP contribution in [0.25, 0.3) is 0 Å². The molecule has 11 heavy (non-hydrogen) atoms. The fraction of sp³-hybridized carbons (Fsp3) is 0.667. The van der Waals surface area contributed by atoms with Crippen molar-refractivity contribution in [1.29, 1.82) is 0 Å². The maximum Gasteiger partial charge on any atom is 0.218 e. The number of amides is 1. The molecule has 0 aromatic rings. The van der Waals surface area contributed by atoms with Crippen molar-refractivity contribution >= 4 is 6.41 Å². The Labute approximate surface area is 68.4 Å². The first-order chi connectivity index (χ1) is 5.41. The Morgan fingerprint density at radius 3 is 2.82 bits per heavy atom. The lowest BCUT2D eigenvalue weighted by molar-refractivity contribution is -0.108. The molecular formula is C9H15NO. The van der Waals surface area contributed by atoms with Gasteiger partial charge in [-0.3, -0.25) is 10.1 Å². The summed E-state index contributed by atoms with van der Waals surface area (Å²) in [4.78, 5) is 9.73. The van der Waals surface area contributed by atoms with Crippen LogP contribution in [0, 0.1) is 12.0 Å². The SMILES string of the molecule is CCCCCCC#CNC=O. The van der Waals surface area contributed by atoms with Crippen LogP contribution in [0.2, 0.25) is 0 Å². The fourth-order valence-corrected chi connectivity index (χ4v) is 0.783. The summed E-state index contributed by atoms with van der Waals surface area (Å²) in [5, 5.41) is 2.30. The van der Waals surface area contributed by atoms with Crippen LogP contribution in [0.4, 0.5) is 0 Å². The summed E-state index contributed by atoms with van der Waals surface area (Å²) >= 11 is 0. The molecule has 0 radical (unpaired) electrons. The zero-order valence-corrected chi connectivity index (χ0v) is 7.02. The Morgan fingerprint density at radius 2 is 2.18 bits per heavy atom. The summed E-state index contributed by atoms with van der Waals surface area (Å²) in [5.74, 6) is 2.85. The highest BCUT2D eigenvalue weighted by Gasteiger charge is 1.82. The minimum absolute atomic E-state index is 0.596. The Hall–Kier alpha value is -0.970. The van der Waals surface area contributed by atoms with Gasteiger partial charge in [-0.1, -0.05) is 32.1 Å². The van der Waals surface area contributed by atoms with Crippen LogP contribution in [0.3, 0.4) is 0 Å². The van der Waals surface area contributed by atoms with E-state index in [1.54, 1.807) is 0 Å². The van der Waals surface area contributed by atoms with E-state index in [0.29, 0.717) is 6.41 Å². The van der Waals surface area contributed by atoms with Crippen molar-refractivity contribution in [3.05, 3.63) is 0 Å². The molecule has 0 unspecified atom stereocenters. The average molecular weight is 153 g/mol. The molecule has 1 amide bonds. The van der Waals surface area contributed by atoms with E-state index in [4.69, 9.17) is 0 Å². The number of hydrogen-bond acceptors (Lipinski definition) is 1. The van der Waals surface area contributed by atoms with Gasteiger partial charge in [0.05, 0.1) is 0 Å². The lowest BCUT2D eigenvalue weighted by Gasteiger charge is -1.91. The topological polar surface area (TPSA) is 29.1 Å². The fourth-order valence-electron chi connectivity index (χ4n) is 0.783. The Balaban J connectivity index is 3.02. The second kappa shape index (κ2) is 9.03. The van der Waals surface area contributed by atoms with E-state index in [2.05, 4.69) is 24.2 Å². The summed E-state index contributed by atoms with van der Waals surface area (Å²) in [5.41, 5.74) is 0. The van der Waals surface area contributed by atoms with E-state index in [0.717, 1.165) is 12.8 Å². The van der Waals surface area contributed by atoms with E-state index >= 15 is 0 Å². The third kappa shape index (κ3) is 9.03. The summed E-state index contributed by atoms with van der Waals surface area (Å²) in [6, 6.07) is 2.54. The van der Waals surface area contributed by atoms with E-state index in [-0.39, 0.29) is 0 Å².